The summed E-state index contributed by atoms with van der Waals surface area (Å²) in [6.07, 6.45) is 0.769. The van der Waals surface area contributed by atoms with Crippen molar-refractivity contribution in [2.75, 3.05) is 27.3 Å². The van der Waals surface area contributed by atoms with Gasteiger partial charge in [0.25, 0.3) is 6.47 Å². The van der Waals surface area contributed by atoms with Gasteiger partial charge in [0.2, 0.25) is 0 Å². The Morgan fingerprint density at radius 2 is 1.96 bits per heavy atom. The number of rotatable bonds is 6. The van der Waals surface area contributed by atoms with Gasteiger partial charge in [-0.1, -0.05) is 30.3 Å². The van der Waals surface area contributed by atoms with Gasteiger partial charge in [0.05, 0.1) is 26.8 Å². The van der Waals surface area contributed by atoms with Crippen LogP contribution in [0.15, 0.2) is 53.5 Å². The zero-order valence-electron chi connectivity index (χ0n) is 15.5. The number of benzene rings is 2. The lowest BCUT2D eigenvalue weighted by molar-refractivity contribution is -0.122. The van der Waals surface area contributed by atoms with E-state index in [1.165, 1.54) is 5.56 Å². The van der Waals surface area contributed by atoms with Gasteiger partial charge in [0.15, 0.2) is 5.96 Å². The van der Waals surface area contributed by atoms with E-state index in [-0.39, 0.29) is 12.5 Å². The summed E-state index contributed by atoms with van der Waals surface area (Å²) >= 11 is 0. The Morgan fingerprint density at radius 1 is 1.22 bits per heavy atom. The Kier molecular flexibility index (Phi) is 7.96. The van der Waals surface area contributed by atoms with Crippen LogP contribution in [0.25, 0.3) is 0 Å². The number of methoxy groups -OCH3 is 2. The Hall–Kier alpha value is -3.22. The highest BCUT2D eigenvalue weighted by molar-refractivity contribution is 5.81. The number of hydrogen-bond acceptors (Lipinski definition) is 6. The highest BCUT2D eigenvalue weighted by Gasteiger charge is 2.18. The van der Waals surface area contributed by atoms with Crippen LogP contribution in [0.3, 0.4) is 0 Å². The van der Waals surface area contributed by atoms with Crippen molar-refractivity contribution in [3.63, 3.8) is 0 Å². The van der Waals surface area contributed by atoms with Crippen molar-refractivity contribution >= 4 is 12.4 Å². The summed E-state index contributed by atoms with van der Waals surface area (Å²) in [6, 6.07) is 16.4. The van der Waals surface area contributed by atoms with E-state index < -0.39 is 0 Å². The number of aliphatic imine (C=N–C) groups is 1. The first kappa shape index (κ1) is 20.1. The summed E-state index contributed by atoms with van der Waals surface area (Å²) in [4.78, 5) is 12.8. The van der Waals surface area contributed by atoms with Crippen LogP contribution in [0.1, 0.15) is 17.2 Å². The molecule has 0 saturated carbocycles. The van der Waals surface area contributed by atoms with Crippen molar-refractivity contribution in [1.82, 2.24) is 10.6 Å². The van der Waals surface area contributed by atoms with Crippen molar-refractivity contribution in [3.05, 3.63) is 59.7 Å². The monoisotopic (exact) mass is 371 g/mol. The maximum absolute atomic E-state index is 8.36. The minimum absolute atomic E-state index is 0.0940. The lowest BCUT2D eigenvalue weighted by Crippen LogP contribution is -2.37. The van der Waals surface area contributed by atoms with E-state index in [0.717, 1.165) is 42.5 Å². The quantitative estimate of drug-likeness (QED) is 0.675. The van der Waals surface area contributed by atoms with E-state index in [9.17, 15) is 0 Å². The van der Waals surface area contributed by atoms with Crippen LogP contribution in [0, 0.1) is 0 Å². The second-order valence-electron chi connectivity index (χ2n) is 5.75. The summed E-state index contributed by atoms with van der Waals surface area (Å²) in [5.41, 5.74) is 2.30. The van der Waals surface area contributed by atoms with Crippen LogP contribution in [0.5, 0.6) is 11.5 Å². The average Bonchev–Trinajstić information content (AvgIpc) is 3.22. The van der Waals surface area contributed by atoms with Crippen LogP contribution < -0.4 is 20.1 Å². The first-order valence-electron chi connectivity index (χ1n) is 8.60. The molecule has 1 atom stereocenters. The van der Waals surface area contributed by atoms with Gasteiger partial charge in [-0.05, 0) is 23.8 Å². The zero-order valence-corrected chi connectivity index (χ0v) is 15.5. The molecule has 0 aliphatic carbocycles. The Labute approximate surface area is 159 Å². The molecule has 2 aromatic rings. The first-order valence-corrected chi connectivity index (χ1v) is 8.60. The molecule has 0 spiro atoms. The predicted octanol–water partition coefficient (Wildman–Crippen LogP) is 2.24. The smallest absolute Gasteiger partial charge is 0.290 e. The fourth-order valence-electron chi connectivity index (χ4n) is 2.86. The van der Waals surface area contributed by atoms with Crippen LogP contribution in [-0.4, -0.2) is 44.8 Å². The zero-order chi connectivity index (χ0) is 19.5. The third-order valence-electron chi connectivity index (χ3n) is 4.10. The summed E-state index contributed by atoms with van der Waals surface area (Å²) in [5.74, 6) is 2.54. The predicted molar refractivity (Wildman–Crippen MR) is 105 cm³/mol. The van der Waals surface area contributed by atoms with Crippen LogP contribution >= 0.6 is 0 Å². The third-order valence-corrected chi connectivity index (χ3v) is 4.10. The summed E-state index contributed by atoms with van der Waals surface area (Å²) < 4.78 is 10.9. The fraction of sp³-hybridized carbons (Fsp3) is 0.300. The molecule has 1 aliphatic rings. The average molecular weight is 371 g/mol. The van der Waals surface area contributed by atoms with Crippen molar-refractivity contribution in [2.45, 2.75) is 12.5 Å². The molecule has 7 heteroatoms. The van der Waals surface area contributed by atoms with Crippen molar-refractivity contribution in [2.24, 2.45) is 4.99 Å². The van der Waals surface area contributed by atoms with Gasteiger partial charge in [0.1, 0.15) is 11.5 Å². The SMILES string of the molecule is COc1ccc(OC)c(CC(NC2=NCCN2)c2ccccc2)c1.O=CO. The van der Waals surface area contributed by atoms with Crippen LogP contribution in [-0.2, 0) is 11.2 Å². The number of nitrogens with one attached hydrogen (secondary N) is 2. The molecule has 27 heavy (non-hydrogen) atoms. The topological polar surface area (TPSA) is 92.2 Å². The molecule has 3 rings (SSSR count). The number of carboxylic acid groups (broad SMARTS) is 1. The van der Waals surface area contributed by atoms with E-state index in [2.05, 4.69) is 39.9 Å². The molecule has 0 amide bonds. The molecule has 3 N–H and O–H groups in total. The van der Waals surface area contributed by atoms with E-state index in [1.54, 1.807) is 14.2 Å². The number of ether oxygens (including phenoxy) is 2. The van der Waals surface area contributed by atoms with Gasteiger partial charge in [-0.15, -0.1) is 0 Å². The van der Waals surface area contributed by atoms with Gasteiger partial charge in [-0.25, -0.2) is 0 Å². The maximum Gasteiger partial charge on any atom is 0.290 e. The molecule has 144 valence electrons. The molecule has 1 aliphatic heterocycles. The van der Waals surface area contributed by atoms with Crippen molar-refractivity contribution in [3.8, 4) is 11.5 Å². The third kappa shape index (κ3) is 5.91. The largest absolute Gasteiger partial charge is 0.497 e. The number of hydrogen-bond donors (Lipinski definition) is 3. The molecule has 0 bridgehead atoms. The van der Waals surface area contributed by atoms with E-state index in [0.29, 0.717) is 0 Å². The molecular formula is C20H25N3O4. The minimum atomic E-state index is -0.250. The van der Waals surface area contributed by atoms with Gasteiger partial charge in [0, 0.05) is 18.5 Å². The normalized spacial score (nSPS) is 13.3. The molecular weight excluding hydrogens is 346 g/mol. The Morgan fingerprint density at radius 3 is 2.56 bits per heavy atom. The summed E-state index contributed by atoms with van der Waals surface area (Å²) in [5, 5.41) is 13.7. The highest BCUT2D eigenvalue weighted by Crippen LogP contribution is 2.28. The number of nitrogens with zero attached hydrogens (tertiary/aromatic N) is 1. The maximum atomic E-state index is 8.36. The van der Waals surface area contributed by atoms with E-state index in [1.807, 2.05) is 24.3 Å². The van der Waals surface area contributed by atoms with Crippen molar-refractivity contribution < 1.29 is 19.4 Å². The van der Waals surface area contributed by atoms with E-state index >= 15 is 0 Å². The lowest BCUT2D eigenvalue weighted by atomic mass is 9.98. The number of guanidine groups is 1. The molecule has 0 fully saturated rings. The van der Waals surface area contributed by atoms with Crippen LogP contribution in [0.4, 0.5) is 0 Å². The molecule has 1 heterocycles. The minimum Gasteiger partial charge on any atom is -0.497 e. The Balaban J connectivity index is 0.000000817. The molecule has 0 saturated heterocycles. The fourth-order valence-corrected chi connectivity index (χ4v) is 2.86. The van der Waals surface area contributed by atoms with Gasteiger partial charge in [-0.2, -0.15) is 0 Å². The molecule has 2 aromatic carbocycles. The van der Waals surface area contributed by atoms with Gasteiger partial charge >= 0.3 is 0 Å². The summed E-state index contributed by atoms with van der Waals surface area (Å²) in [6.45, 7) is 1.44. The second-order valence-corrected chi connectivity index (χ2v) is 5.75. The highest BCUT2D eigenvalue weighted by atomic mass is 16.5. The Bertz CT molecular complexity index is 750. The molecule has 0 aromatic heterocycles. The summed E-state index contributed by atoms with van der Waals surface area (Å²) in [7, 11) is 3.37. The van der Waals surface area contributed by atoms with E-state index in [4.69, 9.17) is 19.4 Å². The van der Waals surface area contributed by atoms with Crippen LogP contribution in [0.2, 0.25) is 0 Å². The second kappa shape index (κ2) is 10.7. The van der Waals surface area contributed by atoms with Gasteiger partial charge < -0.3 is 25.2 Å². The van der Waals surface area contributed by atoms with Crippen molar-refractivity contribution in [1.29, 1.82) is 0 Å². The molecule has 0 radical (unpaired) electrons. The lowest BCUT2D eigenvalue weighted by Gasteiger charge is -2.22. The number of carbonyl (C=O) groups is 1. The standard InChI is InChI=1S/C19H23N3O2.CH2O2/c1-23-16-8-9-18(24-2)15(12-16)13-17(14-6-4-3-5-7-14)22-19-20-10-11-21-19;2-1-3/h3-9,12,17H,10-11,13H2,1-2H3,(H2,20,21,22);1H,(H,2,3). The first-order chi connectivity index (χ1) is 13.2. The van der Waals surface area contributed by atoms with Gasteiger partial charge in [-0.3, -0.25) is 9.79 Å². The molecule has 1 unspecified atom stereocenters. The molecule has 7 nitrogen and oxygen atoms in total.